The minimum atomic E-state index is -0.189. The normalized spacial score (nSPS) is 12.4. The molecule has 0 saturated carbocycles. The summed E-state index contributed by atoms with van der Waals surface area (Å²) in [6.07, 6.45) is 7.34. The van der Waals surface area contributed by atoms with E-state index in [1.165, 1.54) is 0 Å². The number of aromatic nitrogens is 2. The Morgan fingerprint density at radius 3 is 2.77 bits per heavy atom. The van der Waals surface area contributed by atoms with Crippen molar-refractivity contribution >= 4 is 11.6 Å². The van der Waals surface area contributed by atoms with Gasteiger partial charge in [-0.25, -0.2) is 4.98 Å². The van der Waals surface area contributed by atoms with E-state index in [-0.39, 0.29) is 5.91 Å². The maximum atomic E-state index is 12.8. The highest BCUT2D eigenvalue weighted by atomic mass is 16.1. The largest absolute Gasteiger partial charge is 0.349 e. The molecule has 0 fully saturated rings. The third-order valence-electron chi connectivity index (χ3n) is 5.04. The molecule has 3 aromatic rings. The van der Waals surface area contributed by atoms with Crippen LogP contribution in [0.2, 0.25) is 0 Å². The number of nitrogens with one attached hydrogen (secondary N) is 1. The molecular formula is C24H23N5O. The molecule has 0 atom stereocenters. The molecule has 1 aromatic heterocycles. The molecule has 2 heterocycles. The molecule has 30 heavy (non-hydrogen) atoms. The van der Waals surface area contributed by atoms with Crippen LogP contribution in [0.5, 0.6) is 0 Å². The van der Waals surface area contributed by atoms with Crippen molar-refractivity contribution in [1.82, 2.24) is 19.8 Å². The van der Waals surface area contributed by atoms with E-state index in [0.717, 1.165) is 40.3 Å². The van der Waals surface area contributed by atoms with E-state index in [0.29, 0.717) is 18.8 Å². The summed E-state index contributed by atoms with van der Waals surface area (Å²) in [6.45, 7) is 1.66. The Hall–Kier alpha value is -3.69. The van der Waals surface area contributed by atoms with Crippen LogP contribution in [-0.4, -0.2) is 53.3 Å². The zero-order chi connectivity index (χ0) is 21.1. The van der Waals surface area contributed by atoms with Gasteiger partial charge in [0.25, 0.3) is 5.91 Å². The number of likely N-dealkylation sites (N-methyl/N-ethyl adjacent to an activating group) is 1. The van der Waals surface area contributed by atoms with Crippen molar-refractivity contribution in [3.05, 3.63) is 82.9 Å². The smallest absolute Gasteiger partial charge is 0.271 e. The highest BCUT2D eigenvalue weighted by Crippen LogP contribution is 2.27. The molecule has 6 nitrogen and oxygen atoms in total. The summed E-state index contributed by atoms with van der Waals surface area (Å²) in [6, 6.07) is 15.8. The summed E-state index contributed by atoms with van der Waals surface area (Å²) in [4.78, 5) is 24.1. The fraction of sp³-hybridized carbons (Fsp3) is 0.208. The van der Waals surface area contributed by atoms with E-state index in [1.54, 1.807) is 6.33 Å². The van der Waals surface area contributed by atoms with Gasteiger partial charge in [0.1, 0.15) is 6.33 Å². The molecule has 0 unspecified atom stereocenters. The molecule has 0 bridgehead atoms. The van der Waals surface area contributed by atoms with E-state index in [4.69, 9.17) is 11.4 Å². The third-order valence-corrected chi connectivity index (χ3v) is 5.04. The van der Waals surface area contributed by atoms with Gasteiger partial charge in [-0.2, -0.15) is 0 Å². The second-order valence-electron chi connectivity index (χ2n) is 7.38. The lowest BCUT2D eigenvalue weighted by molar-refractivity contribution is 0.0945. The van der Waals surface area contributed by atoms with Gasteiger partial charge in [0.2, 0.25) is 0 Å². The lowest BCUT2D eigenvalue weighted by Gasteiger charge is -2.12. The van der Waals surface area contributed by atoms with Gasteiger partial charge in [-0.05, 0) is 32.3 Å². The number of rotatable bonds is 5. The summed E-state index contributed by atoms with van der Waals surface area (Å²) < 4.78 is 1.94. The number of fused-ring (bicyclic) bond motifs is 3. The van der Waals surface area contributed by atoms with Gasteiger partial charge in [-0.1, -0.05) is 36.3 Å². The monoisotopic (exact) mass is 397 g/mol. The highest BCUT2D eigenvalue weighted by Gasteiger charge is 2.24. The molecule has 1 aliphatic rings. The third kappa shape index (κ3) is 3.76. The standard InChI is InChI=1S/C24H23N5O/c1-4-17-10-11-20-19(14-17)22(18-8-6-5-7-9-18)26-15-21-23(27-16-29(20)21)24(30)25-12-13-28(2)3/h1,5-11,14,16H,12-13,15H2,2-3H3,(H,25,30). The topological polar surface area (TPSA) is 62.5 Å². The predicted molar refractivity (Wildman–Crippen MR) is 118 cm³/mol. The first kappa shape index (κ1) is 19.6. The van der Waals surface area contributed by atoms with Gasteiger partial charge < -0.3 is 10.2 Å². The van der Waals surface area contributed by atoms with Crippen molar-refractivity contribution in [2.24, 2.45) is 4.99 Å². The van der Waals surface area contributed by atoms with E-state index in [9.17, 15) is 4.79 Å². The van der Waals surface area contributed by atoms with Crippen molar-refractivity contribution in [2.45, 2.75) is 6.54 Å². The molecular weight excluding hydrogens is 374 g/mol. The molecule has 6 heteroatoms. The van der Waals surface area contributed by atoms with E-state index < -0.39 is 0 Å². The summed E-state index contributed by atoms with van der Waals surface area (Å²) in [5, 5.41) is 2.94. The minimum Gasteiger partial charge on any atom is -0.349 e. The molecule has 2 aromatic carbocycles. The van der Waals surface area contributed by atoms with Gasteiger partial charge in [0.15, 0.2) is 5.69 Å². The fourth-order valence-corrected chi connectivity index (χ4v) is 3.51. The number of aliphatic imine (C=N–C) groups is 1. The average molecular weight is 397 g/mol. The van der Waals surface area contributed by atoms with Gasteiger partial charge in [0.05, 0.1) is 23.6 Å². The molecule has 4 rings (SSSR count). The van der Waals surface area contributed by atoms with E-state index in [1.807, 2.05) is 72.1 Å². The molecule has 0 aliphatic carbocycles. The molecule has 0 saturated heterocycles. The number of hydrogen-bond acceptors (Lipinski definition) is 4. The van der Waals surface area contributed by atoms with Crippen molar-refractivity contribution in [2.75, 3.05) is 27.2 Å². The van der Waals surface area contributed by atoms with Crippen LogP contribution in [0, 0.1) is 12.3 Å². The zero-order valence-corrected chi connectivity index (χ0v) is 17.1. The number of nitrogens with zero attached hydrogens (tertiary/aromatic N) is 4. The summed E-state index contributed by atoms with van der Waals surface area (Å²) in [5.41, 5.74) is 5.63. The van der Waals surface area contributed by atoms with Crippen LogP contribution in [0.3, 0.4) is 0 Å². The van der Waals surface area contributed by atoms with Crippen molar-refractivity contribution in [3.8, 4) is 18.0 Å². The maximum absolute atomic E-state index is 12.8. The van der Waals surface area contributed by atoms with Crippen molar-refractivity contribution < 1.29 is 4.79 Å². The average Bonchev–Trinajstić information content (AvgIpc) is 3.11. The number of imidazole rings is 1. The summed E-state index contributed by atoms with van der Waals surface area (Å²) in [5.74, 6) is 2.51. The molecule has 0 spiro atoms. The van der Waals surface area contributed by atoms with Crippen molar-refractivity contribution in [3.63, 3.8) is 0 Å². The van der Waals surface area contributed by atoms with Crippen molar-refractivity contribution in [1.29, 1.82) is 0 Å². The number of amides is 1. The van der Waals surface area contributed by atoms with Crippen LogP contribution in [0.25, 0.3) is 5.69 Å². The Bertz CT molecular complexity index is 1150. The lowest BCUT2D eigenvalue weighted by Crippen LogP contribution is -2.32. The minimum absolute atomic E-state index is 0.189. The van der Waals surface area contributed by atoms with Gasteiger partial charge in [0, 0.05) is 29.8 Å². The van der Waals surface area contributed by atoms with Crippen LogP contribution in [0.15, 0.2) is 59.9 Å². The maximum Gasteiger partial charge on any atom is 0.271 e. The van der Waals surface area contributed by atoms with E-state index in [2.05, 4.69) is 16.2 Å². The molecule has 0 radical (unpaired) electrons. The molecule has 150 valence electrons. The van der Waals surface area contributed by atoms with Crippen LogP contribution in [0.1, 0.15) is 32.9 Å². The quantitative estimate of drug-likeness (QED) is 0.673. The predicted octanol–water partition coefficient (Wildman–Crippen LogP) is 2.50. The molecule has 1 aliphatic heterocycles. The molecule has 1 amide bonds. The molecule has 1 N–H and O–H groups in total. The van der Waals surface area contributed by atoms with Crippen LogP contribution >= 0.6 is 0 Å². The summed E-state index contributed by atoms with van der Waals surface area (Å²) in [7, 11) is 3.94. The summed E-state index contributed by atoms with van der Waals surface area (Å²) >= 11 is 0. The number of carbonyl (C=O) groups is 1. The Kier molecular flexibility index (Phi) is 5.46. The van der Waals surface area contributed by atoms with Crippen LogP contribution in [-0.2, 0) is 6.54 Å². The first-order valence-corrected chi connectivity index (χ1v) is 9.79. The zero-order valence-electron chi connectivity index (χ0n) is 17.1. The number of terminal acetylenes is 1. The van der Waals surface area contributed by atoms with Gasteiger partial charge in [-0.3, -0.25) is 14.4 Å². The Balaban J connectivity index is 1.78. The lowest BCUT2D eigenvalue weighted by atomic mass is 9.98. The number of hydrogen-bond donors (Lipinski definition) is 1. The Labute approximate surface area is 176 Å². The highest BCUT2D eigenvalue weighted by molar-refractivity contribution is 6.15. The second-order valence-corrected chi connectivity index (χ2v) is 7.38. The van der Waals surface area contributed by atoms with Crippen LogP contribution in [0.4, 0.5) is 0 Å². The Morgan fingerprint density at radius 1 is 1.23 bits per heavy atom. The first-order valence-electron chi connectivity index (χ1n) is 9.79. The number of carbonyl (C=O) groups excluding carboxylic acids is 1. The van der Waals surface area contributed by atoms with Gasteiger partial charge >= 0.3 is 0 Å². The van der Waals surface area contributed by atoms with Gasteiger partial charge in [-0.15, -0.1) is 6.42 Å². The van der Waals surface area contributed by atoms with E-state index >= 15 is 0 Å². The number of benzene rings is 2. The van der Waals surface area contributed by atoms with Crippen LogP contribution < -0.4 is 5.32 Å². The first-order chi connectivity index (χ1) is 14.6. The fourth-order valence-electron chi connectivity index (χ4n) is 3.51. The Morgan fingerprint density at radius 2 is 2.03 bits per heavy atom. The SMILES string of the molecule is C#Cc1ccc2c(c1)C(c1ccccc1)=NCc1c(C(=O)NCCN(C)C)ncn1-2. The second kappa shape index (κ2) is 8.36.